The molecule has 0 aliphatic rings. The number of rotatable bonds is 5. The lowest BCUT2D eigenvalue weighted by Gasteiger charge is -2.22. The van der Waals surface area contributed by atoms with Crippen LogP contribution in [0.15, 0.2) is 54.9 Å². The molecule has 0 saturated heterocycles. The molecule has 2 aromatic carbocycles. The number of nitrogens with zero attached hydrogens (tertiary/aromatic N) is 3. The van der Waals surface area contributed by atoms with Gasteiger partial charge in [-0.1, -0.05) is 29.8 Å². The Morgan fingerprint density at radius 1 is 1.15 bits per heavy atom. The fraction of sp³-hybridized carbons (Fsp3) is 0.250. The van der Waals surface area contributed by atoms with Gasteiger partial charge in [-0.15, -0.1) is 0 Å². The highest BCUT2D eigenvalue weighted by atomic mass is 16.2. The molecule has 6 heteroatoms. The van der Waals surface area contributed by atoms with Crippen molar-refractivity contribution >= 4 is 28.5 Å². The molecule has 2 amide bonds. The number of fused-ring (bicyclic) bond motifs is 1. The van der Waals surface area contributed by atoms with Gasteiger partial charge in [0.1, 0.15) is 6.04 Å². The highest BCUT2D eigenvalue weighted by Crippen LogP contribution is 2.18. The molecule has 0 spiro atoms. The second-order valence-electron chi connectivity index (χ2n) is 6.43. The third-order valence-corrected chi connectivity index (χ3v) is 4.35. The first-order chi connectivity index (χ1) is 12.5. The largest absolute Gasteiger partial charge is 0.335 e. The minimum Gasteiger partial charge on any atom is -0.335 e. The van der Waals surface area contributed by atoms with Crippen LogP contribution in [0.5, 0.6) is 0 Å². The van der Waals surface area contributed by atoms with Crippen molar-refractivity contribution in [3.05, 3.63) is 60.4 Å². The summed E-state index contributed by atoms with van der Waals surface area (Å²) in [6.45, 7) is 3.79. The van der Waals surface area contributed by atoms with E-state index in [1.54, 1.807) is 13.4 Å². The van der Waals surface area contributed by atoms with Gasteiger partial charge in [-0.3, -0.25) is 9.59 Å². The van der Waals surface area contributed by atoms with Crippen molar-refractivity contribution < 1.29 is 9.59 Å². The third kappa shape index (κ3) is 3.74. The topological polar surface area (TPSA) is 67.2 Å². The van der Waals surface area contributed by atoms with Crippen LogP contribution in [0.2, 0.25) is 0 Å². The summed E-state index contributed by atoms with van der Waals surface area (Å²) in [7, 11) is 1.63. The summed E-state index contributed by atoms with van der Waals surface area (Å²) in [5.41, 5.74) is 3.57. The minimum atomic E-state index is -0.445. The van der Waals surface area contributed by atoms with Gasteiger partial charge in [0.05, 0.1) is 23.9 Å². The number of para-hydroxylation sites is 2. The Hall–Kier alpha value is -3.15. The molecule has 6 nitrogen and oxygen atoms in total. The number of imidazole rings is 1. The van der Waals surface area contributed by atoms with Gasteiger partial charge in [0.25, 0.3) is 0 Å². The van der Waals surface area contributed by atoms with E-state index < -0.39 is 6.04 Å². The highest BCUT2D eigenvalue weighted by molar-refractivity contribution is 5.95. The molecule has 0 aliphatic heterocycles. The number of amides is 2. The van der Waals surface area contributed by atoms with Gasteiger partial charge in [0.2, 0.25) is 11.8 Å². The maximum absolute atomic E-state index is 12.7. The maximum Gasteiger partial charge on any atom is 0.245 e. The van der Waals surface area contributed by atoms with Crippen molar-refractivity contribution in [1.82, 2.24) is 14.5 Å². The number of anilines is 1. The Morgan fingerprint density at radius 2 is 1.85 bits per heavy atom. The van der Waals surface area contributed by atoms with Crippen LogP contribution in [0.1, 0.15) is 18.5 Å². The Bertz CT molecular complexity index is 930. The number of likely N-dealkylation sites (N-methyl/N-ethyl adjacent to an activating group) is 1. The van der Waals surface area contributed by atoms with Gasteiger partial charge < -0.3 is 14.8 Å². The Labute approximate surface area is 152 Å². The summed E-state index contributed by atoms with van der Waals surface area (Å²) < 4.78 is 1.83. The molecule has 1 atom stereocenters. The summed E-state index contributed by atoms with van der Waals surface area (Å²) >= 11 is 0. The number of aryl methyl sites for hydroxylation is 1. The summed E-state index contributed by atoms with van der Waals surface area (Å²) in [5, 5.41) is 2.81. The van der Waals surface area contributed by atoms with Crippen LogP contribution in [0.25, 0.3) is 11.0 Å². The van der Waals surface area contributed by atoms with Gasteiger partial charge in [0.15, 0.2) is 0 Å². The zero-order valence-electron chi connectivity index (χ0n) is 15.1. The SMILES string of the molecule is Cc1ccc(NC(=O)CN(C)C(=O)C(C)n2cnc3ccccc32)cc1. The number of hydrogen-bond donors (Lipinski definition) is 1. The van der Waals surface area contributed by atoms with Crippen molar-refractivity contribution in [2.75, 3.05) is 18.9 Å². The average Bonchev–Trinajstić information content (AvgIpc) is 3.06. The van der Waals surface area contributed by atoms with E-state index in [-0.39, 0.29) is 18.4 Å². The molecule has 1 unspecified atom stereocenters. The predicted molar refractivity (Wildman–Crippen MR) is 102 cm³/mol. The van der Waals surface area contributed by atoms with Crippen molar-refractivity contribution in [2.45, 2.75) is 19.9 Å². The lowest BCUT2D eigenvalue weighted by molar-refractivity contribution is -0.135. The smallest absolute Gasteiger partial charge is 0.245 e. The molecular weight excluding hydrogens is 328 g/mol. The number of nitrogens with one attached hydrogen (secondary N) is 1. The van der Waals surface area contributed by atoms with E-state index in [0.717, 1.165) is 22.3 Å². The number of carbonyl (C=O) groups excluding carboxylic acids is 2. The Morgan fingerprint density at radius 3 is 2.58 bits per heavy atom. The van der Waals surface area contributed by atoms with E-state index in [4.69, 9.17) is 0 Å². The quantitative estimate of drug-likeness (QED) is 0.769. The monoisotopic (exact) mass is 350 g/mol. The van der Waals surface area contributed by atoms with E-state index >= 15 is 0 Å². The zero-order chi connectivity index (χ0) is 18.7. The predicted octanol–water partition coefficient (Wildman–Crippen LogP) is 3.00. The molecule has 0 saturated carbocycles. The van der Waals surface area contributed by atoms with Crippen molar-refractivity contribution in [2.24, 2.45) is 0 Å². The van der Waals surface area contributed by atoms with Gasteiger partial charge in [-0.2, -0.15) is 0 Å². The van der Waals surface area contributed by atoms with Gasteiger partial charge >= 0.3 is 0 Å². The number of carbonyl (C=O) groups is 2. The molecule has 0 bridgehead atoms. The van der Waals surface area contributed by atoms with Crippen LogP contribution in [-0.2, 0) is 9.59 Å². The minimum absolute atomic E-state index is 0.0102. The van der Waals surface area contributed by atoms with Crippen LogP contribution < -0.4 is 5.32 Å². The Balaban J connectivity index is 1.65. The molecule has 0 radical (unpaired) electrons. The fourth-order valence-electron chi connectivity index (χ4n) is 2.86. The van der Waals surface area contributed by atoms with Crippen molar-refractivity contribution in [3.63, 3.8) is 0 Å². The van der Waals surface area contributed by atoms with Gasteiger partial charge in [-0.05, 0) is 38.1 Å². The van der Waals surface area contributed by atoms with Crippen LogP contribution in [-0.4, -0.2) is 39.9 Å². The molecule has 3 aromatic rings. The second kappa shape index (κ2) is 7.39. The van der Waals surface area contributed by atoms with Crippen LogP contribution in [0.4, 0.5) is 5.69 Å². The van der Waals surface area contributed by atoms with E-state index in [1.807, 2.05) is 66.9 Å². The van der Waals surface area contributed by atoms with Crippen molar-refractivity contribution in [3.8, 4) is 0 Å². The van der Waals surface area contributed by atoms with Crippen LogP contribution >= 0.6 is 0 Å². The summed E-state index contributed by atoms with van der Waals surface area (Å²) in [5.74, 6) is -0.375. The van der Waals surface area contributed by atoms with E-state index in [2.05, 4.69) is 10.3 Å². The molecule has 1 heterocycles. The van der Waals surface area contributed by atoms with E-state index in [9.17, 15) is 9.59 Å². The molecule has 1 aromatic heterocycles. The van der Waals surface area contributed by atoms with Crippen LogP contribution in [0, 0.1) is 6.92 Å². The standard InChI is InChI=1S/C20H22N4O2/c1-14-8-10-16(11-9-14)22-19(25)12-23(3)20(26)15(2)24-13-21-17-6-4-5-7-18(17)24/h4-11,13,15H,12H2,1-3H3,(H,22,25). The summed E-state index contributed by atoms with van der Waals surface area (Å²) in [6, 6.07) is 14.7. The van der Waals surface area contributed by atoms with E-state index in [1.165, 1.54) is 4.90 Å². The normalized spacial score (nSPS) is 12.0. The second-order valence-corrected chi connectivity index (χ2v) is 6.43. The molecule has 0 aliphatic carbocycles. The molecule has 3 rings (SSSR count). The Kier molecular flexibility index (Phi) is 5.02. The first-order valence-corrected chi connectivity index (χ1v) is 8.49. The van der Waals surface area contributed by atoms with E-state index in [0.29, 0.717) is 0 Å². The molecule has 134 valence electrons. The first-order valence-electron chi connectivity index (χ1n) is 8.49. The van der Waals surface area contributed by atoms with Crippen molar-refractivity contribution in [1.29, 1.82) is 0 Å². The lowest BCUT2D eigenvalue weighted by atomic mass is 10.2. The third-order valence-electron chi connectivity index (χ3n) is 4.35. The molecule has 0 fully saturated rings. The van der Waals surface area contributed by atoms with Crippen LogP contribution in [0.3, 0.4) is 0 Å². The first kappa shape index (κ1) is 17.7. The highest BCUT2D eigenvalue weighted by Gasteiger charge is 2.22. The molecule has 26 heavy (non-hydrogen) atoms. The zero-order valence-corrected chi connectivity index (χ0v) is 15.1. The number of aromatic nitrogens is 2. The summed E-state index contributed by atoms with van der Waals surface area (Å²) in [4.78, 5) is 30.7. The van der Waals surface area contributed by atoms with Gasteiger partial charge in [-0.25, -0.2) is 4.98 Å². The fourth-order valence-corrected chi connectivity index (χ4v) is 2.86. The molecule has 1 N–H and O–H groups in total. The van der Waals surface area contributed by atoms with Gasteiger partial charge in [0, 0.05) is 12.7 Å². The number of benzene rings is 2. The lowest BCUT2D eigenvalue weighted by Crippen LogP contribution is -2.38. The number of hydrogen-bond acceptors (Lipinski definition) is 3. The molecular formula is C20H22N4O2. The average molecular weight is 350 g/mol. The summed E-state index contributed by atoms with van der Waals surface area (Å²) in [6.07, 6.45) is 1.66. The maximum atomic E-state index is 12.7.